The van der Waals surface area contributed by atoms with Crippen LogP contribution >= 0.6 is 0 Å². The Hall–Kier alpha value is -3.94. The number of hydrogen-bond acceptors (Lipinski definition) is 6. The van der Waals surface area contributed by atoms with Crippen LogP contribution in [0, 0.1) is 0 Å². The van der Waals surface area contributed by atoms with Gasteiger partial charge in [0.05, 0.1) is 21.3 Å². The zero-order chi connectivity index (χ0) is 23.8. The molecule has 3 aromatic rings. The van der Waals surface area contributed by atoms with Gasteiger partial charge in [-0.25, -0.2) is 0 Å². The molecule has 8 heteroatoms. The molecule has 174 valence electrons. The normalized spacial score (nSPS) is 11.4. The molecular weight excluding hydrogens is 424 g/mol. The van der Waals surface area contributed by atoms with Crippen LogP contribution in [-0.4, -0.2) is 39.2 Å². The number of ether oxygens (including phenoxy) is 4. The molecule has 0 saturated carbocycles. The third kappa shape index (κ3) is 5.85. The SMILES string of the molecule is COc1ccc(CCC(=O)NNC(=O)C(C)Oc2ccc3ccccc3c2)c(OC)c1OC. The van der Waals surface area contributed by atoms with E-state index in [1.165, 1.54) is 21.3 Å². The predicted molar refractivity (Wildman–Crippen MR) is 125 cm³/mol. The number of benzene rings is 3. The van der Waals surface area contributed by atoms with E-state index >= 15 is 0 Å². The first kappa shape index (κ1) is 23.7. The van der Waals surface area contributed by atoms with Crippen LogP contribution in [0.4, 0.5) is 0 Å². The van der Waals surface area contributed by atoms with E-state index < -0.39 is 12.0 Å². The van der Waals surface area contributed by atoms with E-state index in [-0.39, 0.29) is 12.3 Å². The molecule has 0 saturated heterocycles. The second-order valence-corrected chi connectivity index (χ2v) is 7.30. The van der Waals surface area contributed by atoms with Crippen molar-refractivity contribution in [1.82, 2.24) is 10.9 Å². The number of aryl methyl sites for hydroxylation is 1. The van der Waals surface area contributed by atoms with Crippen molar-refractivity contribution < 1.29 is 28.5 Å². The lowest BCUT2D eigenvalue weighted by atomic mass is 10.1. The largest absolute Gasteiger partial charge is 0.493 e. The fourth-order valence-electron chi connectivity index (χ4n) is 3.40. The summed E-state index contributed by atoms with van der Waals surface area (Å²) in [7, 11) is 4.59. The fourth-order valence-corrected chi connectivity index (χ4v) is 3.40. The van der Waals surface area contributed by atoms with E-state index in [9.17, 15) is 9.59 Å². The van der Waals surface area contributed by atoms with Crippen molar-refractivity contribution in [3.63, 3.8) is 0 Å². The molecule has 0 radical (unpaired) electrons. The lowest BCUT2D eigenvalue weighted by Crippen LogP contribution is -2.47. The summed E-state index contributed by atoms with van der Waals surface area (Å²) in [5.74, 6) is 1.27. The second kappa shape index (κ2) is 11.1. The molecule has 0 aliphatic carbocycles. The number of methoxy groups -OCH3 is 3. The monoisotopic (exact) mass is 452 g/mol. The minimum absolute atomic E-state index is 0.131. The molecule has 0 bridgehead atoms. The molecule has 0 heterocycles. The number of carbonyl (C=O) groups excluding carboxylic acids is 2. The Morgan fingerprint density at radius 2 is 1.58 bits per heavy atom. The number of rotatable bonds is 9. The summed E-state index contributed by atoms with van der Waals surface area (Å²) in [5.41, 5.74) is 5.61. The molecule has 3 aromatic carbocycles. The van der Waals surface area contributed by atoms with Crippen LogP contribution < -0.4 is 29.8 Å². The second-order valence-electron chi connectivity index (χ2n) is 7.30. The van der Waals surface area contributed by atoms with Gasteiger partial charge in [-0.3, -0.25) is 20.4 Å². The fraction of sp³-hybridized carbons (Fsp3) is 0.280. The van der Waals surface area contributed by atoms with Crippen molar-refractivity contribution in [2.75, 3.05) is 21.3 Å². The minimum Gasteiger partial charge on any atom is -0.493 e. The van der Waals surface area contributed by atoms with Crippen LogP contribution in [0.25, 0.3) is 10.8 Å². The van der Waals surface area contributed by atoms with E-state index in [0.29, 0.717) is 29.4 Å². The highest BCUT2D eigenvalue weighted by atomic mass is 16.5. The van der Waals surface area contributed by atoms with Crippen LogP contribution in [0.5, 0.6) is 23.0 Å². The molecule has 33 heavy (non-hydrogen) atoms. The lowest BCUT2D eigenvalue weighted by molar-refractivity contribution is -0.132. The van der Waals surface area contributed by atoms with E-state index in [0.717, 1.165) is 16.3 Å². The van der Waals surface area contributed by atoms with Crippen molar-refractivity contribution in [2.45, 2.75) is 25.9 Å². The Balaban J connectivity index is 1.51. The molecular formula is C25H28N2O6. The van der Waals surface area contributed by atoms with Crippen molar-refractivity contribution in [2.24, 2.45) is 0 Å². The van der Waals surface area contributed by atoms with Gasteiger partial charge in [0.2, 0.25) is 11.7 Å². The summed E-state index contributed by atoms with van der Waals surface area (Å²) in [5, 5.41) is 2.10. The van der Waals surface area contributed by atoms with Crippen LogP contribution in [-0.2, 0) is 16.0 Å². The zero-order valence-electron chi connectivity index (χ0n) is 19.1. The summed E-state index contributed by atoms with van der Waals surface area (Å²) in [6.07, 6.45) is -0.280. The maximum atomic E-state index is 12.3. The van der Waals surface area contributed by atoms with Crippen molar-refractivity contribution in [1.29, 1.82) is 0 Å². The van der Waals surface area contributed by atoms with Crippen molar-refractivity contribution >= 4 is 22.6 Å². The average molecular weight is 453 g/mol. The Morgan fingerprint density at radius 3 is 2.27 bits per heavy atom. The zero-order valence-corrected chi connectivity index (χ0v) is 19.1. The third-order valence-electron chi connectivity index (χ3n) is 5.14. The topological polar surface area (TPSA) is 95.1 Å². The molecule has 8 nitrogen and oxygen atoms in total. The van der Waals surface area contributed by atoms with Gasteiger partial charge in [-0.1, -0.05) is 36.4 Å². The third-order valence-corrected chi connectivity index (χ3v) is 5.14. The Morgan fingerprint density at radius 1 is 0.848 bits per heavy atom. The van der Waals surface area contributed by atoms with Gasteiger partial charge in [-0.05, 0) is 47.9 Å². The first-order valence-electron chi connectivity index (χ1n) is 10.5. The maximum absolute atomic E-state index is 12.3. The number of amides is 2. The molecule has 2 N–H and O–H groups in total. The van der Waals surface area contributed by atoms with Crippen LogP contribution in [0.1, 0.15) is 18.9 Å². The Kier molecular flexibility index (Phi) is 7.96. The van der Waals surface area contributed by atoms with Gasteiger partial charge in [-0.15, -0.1) is 0 Å². The number of fused-ring (bicyclic) bond motifs is 1. The van der Waals surface area contributed by atoms with Gasteiger partial charge in [0.25, 0.3) is 5.91 Å². The molecule has 0 fully saturated rings. The summed E-state index contributed by atoms with van der Waals surface area (Å²) in [6, 6.07) is 17.0. The molecule has 0 aromatic heterocycles. The first-order chi connectivity index (χ1) is 16.0. The van der Waals surface area contributed by atoms with Gasteiger partial charge in [-0.2, -0.15) is 0 Å². The average Bonchev–Trinajstić information content (AvgIpc) is 2.84. The van der Waals surface area contributed by atoms with Crippen LogP contribution in [0.2, 0.25) is 0 Å². The Bertz CT molecular complexity index is 1130. The van der Waals surface area contributed by atoms with Gasteiger partial charge >= 0.3 is 0 Å². The van der Waals surface area contributed by atoms with Crippen molar-refractivity contribution in [3.8, 4) is 23.0 Å². The number of hydrogen-bond donors (Lipinski definition) is 2. The molecule has 3 rings (SSSR count). The van der Waals surface area contributed by atoms with Crippen LogP contribution in [0.15, 0.2) is 54.6 Å². The summed E-state index contributed by atoms with van der Waals surface area (Å²) in [4.78, 5) is 24.6. The molecule has 1 unspecified atom stereocenters. The highest BCUT2D eigenvalue weighted by Crippen LogP contribution is 2.40. The summed E-state index contributed by atoms with van der Waals surface area (Å²) < 4.78 is 21.8. The van der Waals surface area contributed by atoms with E-state index in [2.05, 4.69) is 10.9 Å². The van der Waals surface area contributed by atoms with Gasteiger partial charge in [0.15, 0.2) is 17.6 Å². The predicted octanol–water partition coefficient (Wildman–Crippen LogP) is 3.41. The van der Waals surface area contributed by atoms with Crippen LogP contribution in [0.3, 0.4) is 0 Å². The quantitative estimate of drug-likeness (QED) is 0.483. The maximum Gasteiger partial charge on any atom is 0.279 e. The molecule has 2 amide bonds. The standard InChI is InChI=1S/C25H28N2O6/c1-16(33-20-12-9-17-7-5-6-8-19(17)15-20)25(29)27-26-22(28)14-11-18-10-13-21(30-2)24(32-4)23(18)31-3/h5-10,12-13,15-16H,11,14H2,1-4H3,(H,26,28)(H,27,29). The van der Waals surface area contributed by atoms with E-state index in [1.54, 1.807) is 19.1 Å². The first-order valence-corrected chi connectivity index (χ1v) is 10.5. The van der Waals surface area contributed by atoms with E-state index in [4.69, 9.17) is 18.9 Å². The minimum atomic E-state index is -0.794. The lowest BCUT2D eigenvalue weighted by Gasteiger charge is -2.16. The summed E-state index contributed by atoms with van der Waals surface area (Å²) >= 11 is 0. The van der Waals surface area contributed by atoms with Gasteiger partial charge < -0.3 is 18.9 Å². The van der Waals surface area contributed by atoms with Gasteiger partial charge in [0, 0.05) is 6.42 Å². The van der Waals surface area contributed by atoms with E-state index in [1.807, 2.05) is 42.5 Å². The Labute approximate surface area is 192 Å². The van der Waals surface area contributed by atoms with Crippen molar-refractivity contribution in [3.05, 3.63) is 60.2 Å². The number of carbonyl (C=O) groups is 2. The summed E-state index contributed by atoms with van der Waals surface area (Å²) in [6.45, 7) is 1.62. The number of hydrazine groups is 1. The highest BCUT2D eigenvalue weighted by Gasteiger charge is 2.18. The van der Waals surface area contributed by atoms with Gasteiger partial charge in [0.1, 0.15) is 5.75 Å². The highest BCUT2D eigenvalue weighted by molar-refractivity contribution is 5.86. The molecule has 0 spiro atoms. The molecule has 1 atom stereocenters. The smallest absolute Gasteiger partial charge is 0.279 e. The molecule has 0 aliphatic rings. The number of nitrogens with one attached hydrogen (secondary N) is 2. The molecule has 0 aliphatic heterocycles.